The van der Waals surface area contributed by atoms with Crippen molar-refractivity contribution in [1.82, 2.24) is 30.0 Å². The molecule has 0 bridgehead atoms. The number of hydrogen-bond acceptors (Lipinski definition) is 7. The normalized spacial score (nSPS) is 17.0. The standard InChI is InChI=1S/C26H27N7O2/c1-33-23(31-32-24(33)22-11-13-27-17-29-22)15-28-20-9-4-7-19(14-20)25(35)30-26(16-34)12-5-8-18-6-2-3-10-21(18)26/h2-4,6-7,9-11,13-14,17,28,34H,5,8,12,15-16H2,1H3,(H,30,35). The highest BCUT2D eigenvalue weighted by molar-refractivity contribution is 5.95. The second-order valence-electron chi connectivity index (χ2n) is 8.73. The molecule has 9 nitrogen and oxygen atoms in total. The van der Waals surface area contributed by atoms with Gasteiger partial charge in [0.1, 0.15) is 12.0 Å². The summed E-state index contributed by atoms with van der Waals surface area (Å²) in [5.74, 6) is 1.16. The van der Waals surface area contributed by atoms with Crippen molar-refractivity contribution in [2.75, 3.05) is 11.9 Å². The van der Waals surface area contributed by atoms with Gasteiger partial charge in [-0.1, -0.05) is 30.3 Å². The van der Waals surface area contributed by atoms with Gasteiger partial charge in [-0.3, -0.25) is 4.79 Å². The van der Waals surface area contributed by atoms with Crippen molar-refractivity contribution in [1.29, 1.82) is 0 Å². The van der Waals surface area contributed by atoms with Gasteiger partial charge in [-0.25, -0.2) is 9.97 Å². The van der Waals surface area contributed by atoms with E-state index in [1.165, 1.54) is 11.9 Å². The first-order valence-electron chi connectivity index (χ1n) is 11.6. The molecule has 0 fully saturated rings. The van der Waals surface area contributed by atoms with Crippen molar-refractivity contribution in [2.24, 2.45) is 7.05 Å². The predicted octanol–water partition coefficient (Wildman–Crippen LogP) is 2.84. The molecule has 0 aliphatic heterocycles. The highest BCUT2D eigenvalue weighted by Crippen LogP contribution is 2.35. The Kier molecular flexibility index (Phi) is 6.24. The number of hydrogen-bond donors (Lipinski definition) is 3. The molecule has 9 heteroatoms. The smallest absolute Gasteiger partial charge is 0.252 e. The maximum Gasteiger partial charge on any atom is 0.252 e. The van der Waals surface area contributed by atoms with E-state index in [1.807, 2.05) is 41.9 Å². The van der Waals surface area contributed by atoms with Crippen LogP contribution in [-0.4, -0.2) is 42.4 Å². The second-order valence-corrected chi connectivity index (χ2v) is 8.73. The average Bonchev–Trinajstić information content (AvgIpc) is 3.28. The van der Waals surface area contributed by atoms with Crippen LogP contribution in [0.5, 0.6) is 0 Å². The van der Waals surface area contributed by atoms with Gasteiger partial charge in [-0.05, 0) is 54.7 Å². The van der Waals surface area contributed by atoms with Gasteiger partial charge in [-0.2, -0.15) is 0 Å². The number of aromatic nitrogens is 5. The molecule has 178 valence electrons. The number of rotatable bonds is 7. The van der Waals surface area contributed by atoms with E-state index in [2.05, 4.69) is 36.9 Å². The number of aryl methyl sites for hydroxylation is 1. The van der Waals surface area contributed by atoms with Gasteiger partial charge in [0.25, 0.3) is 5.91 Å². The Morgan fingerprint density at radius 1 is 1.14 bits per heavy atom. The molecule has 1 atom stereocenters. The largest absolute Gasteiger partial charge is 0.394 e. The molecule has 4 aromatic rings. The molecule has 1 unspecified atom stereocenters. The first kappa shape index (κ1) is 22.7. The van der Waals surface area contributed by atoms with Crippen LogP contribution in [0.25, 0.3) is 11.5 Å². The number of carbonyl (C=O) groups is 1. The van der Waals surface area contributed by atoms with Gasteiger partial charge in [0.05, 0.1) is 18.7 Å². The molecule has 0 saturated heterocycles. The van der Waals surface area contributed by atoms with E-state index >= 15 is 0 Å². The minimum absolute atomic E-state index is 0.144. The molecule has 2 aromatic heterocycles. The molecule has 35 heavy (non-hydrogen) atoms. The average molecular weight is 470 g/mol. The first-order valence-corrected chi connectivity index (χ1v) is 11.6. The fraction of sp³-hybridized carbons (Fsp3) is 0.269. The minimum atomic E-state index is -0.772. The Morgan fingerprint density at radius 2 is 2.03 bits per heavy atom. The fourth-order valence-electron chi connectivity index (χ4n) is 4.66. The molecule has 2 heterocycles. The Morgan fingerprint density at radius 3 is 2.86 bits per heavy atom. The monoisotopic (exact) mass is 469 g/mol. The van der Waals surface area contributed by atoms with Crippen molar-refractivity contribution in [3.63, 3.8) is 0 Å². The summed E-state index contributed by atoms with van der Waals surface area (Å²) in [7, 11) is 1.88. The van der Waals surface area contributed by atoms with Crippen LogP contribution in [0, 0.1) is 0 Å². The number of anilines is 1. The number of fused-ring (bicyclic) bond motifs is 1. The third kappa shape index (κ3) is 4.50. The summed E-state index contributed by atoms with van der Waals surface area (Å²) < 4.78 is 1.87. The van der Waals surface area contributed by atoms with E-state index in [9.17, 15) is 9.90 Å². The van der Waals surface area contributed by atoms with Crippen molar-refractivity contribution >= 4 is 11.6 Å². The lowest BCUT2D eigenvalue weighted by Crippen LogP contribution is -2.50. The van der Waals surface area contributed by atoms with E-state index in [-0.39, 0.29) is 12.5 Å². The van der Waals surface area contributed by atoms with Crippen LogP contribution in [0.1, 0.15) is 40.2 Å². The summed E-state index contributed by atoms with van der Waals surface area (Å²) in [4.78, 5) is 21.4. The van der Waals surface area contributed by atoms with Crippen LogP contribution in [0.3, 0.4) is 0 Å². The van der Waals surface area contributed by atoms with E-state index in [4.69, 9.17) is 0 Å². The molecule has 0 saturated carbocycles. The van der Waals surface area contributed by atoms with E-state index in [0.29, 0.717) is 30.0 Å². The summed E-state index contributed by atoms with van der Waals surface area (Å²) in [5.41, 5.74) is 3.40. The fourth-order valence-corrected chi connectivity index (χ4v) is 4.66. The van der Waals surface area contributed by atoms with Crippen molar-refractivity contribution < 1.29 is 9.90 Å². The van der Waals surface area contributed by atoms with Gasteiger partial charge < -0.3 is 20.3 Å². The van der Waals surface area contributed by atoms with Crippen LogP contribution in [0.4, 0.5) is 5.69 Å². The molecule has 5 rings (SSSR count). The van der Waals surface area contributed by atoms with Crippen molar-refractivity contribution in [3.8, 4) is 11.5 Å². The van der Waals surface area contributed by atoms with Gasteiger partial charge in [0.15, 0.2) is 11.6 Å². The number of aliphatic hydroxyl groups is 1. The topological polar surface area (TPSA) is 118 Å². The first-order chi connectivity index (χ1) is 17.1. The van der Waals surface area contributed by atoms with Crippen LogP contribution in [0.15, 0.2) is 67.1 Å². The molecular weight excluding hydrogens is 442 g/mol. The SMILES string of the molecule is Cn1c(CNc2cccc(C(=O)NC3(CO)CCCc4ccccc43)c2)nnc1-c1ccncn1. The lowest BCUT2D eigenvalue weighted by atomic mass is 9.76. The number of nitrogens with zero attached hydrogens (tertiary/aromatic N) is 5. The number of nitrogens with one attached hydrogen (secondary N) is 2. The highest BCUT2D eigenvalue weighted by atomic mass is 16.3. The molecule has 1 aliphatic rings. The third-order valence-electron chi connectivity index (χ3n) is 6.56. The number of aliphatic hydroxyl groups excluding tert-OH is 1. The summed E-state index contributed by atoms with van der Waals surface area (Å²) in [5, 5.41) is 25.3. The molecule has 2 aromatic carbocycles. The zero-order chi connectivity index (χ0) is 24.3. The second kappa shape index (κ2) is 9.63. The van der Waals surface area contributed by atoms with Crippen LogP contribution >= 0.6 is 0 Å². The van der Waals surface area contributed by atoms with E-state index < -0.39 is 5.54 Å². The van der Waals surface area contributed by atoms with Gasteiger partial charge >= 0.3 is 0 Å². The minimum Gasteiger partial charge on any atom is -0.394 e. The van der Waals surface area contributed by atoms with Gasteiger partial charge in [0, 0.05) is 24.5 Å². The molecule has 1 aliphatic carbocycles. The molecule has 1 amide bonds. The molecule has 0 radical (unpaired) electrons. The third-order valence-corrected chi connectivity index (χ3v) is 6.56. The van der Waals surface area contributed by atoms with Gasteiger partial charge in [0.2, 0.25) is 0 Å². The van der Waals surface area contributed by atoms with E-state index in [1.54, 1.807) is 24.4 Å². The predicted molar refractivity (Wildman–Crippen MR) is 131 cm³/mol. The summed E-state index contributed by atoms with van der Waals surface area (Å²) in [6.07, 6.45) is 5.71. The summed E-state index contributed by atoms with van der Waals surface area (Å²) >= 11 is 0. The summed E-state index contributed by atoms with van der Waals surface area (Å²) in [6, 6.07) is 17.1. The Hall–Kier alpha value is -4.11. The van der Waals surface area contributed by atoms with Crippen LogP contribution < -0.4 is 10.6 Å². The van der Waals surface area contributed by atoms with Crippen molar-refractivity contribution in [3.05, 3.63) is 89.6 Å². The maximum absolute atomic E-state index is 13.2. The Balaban J connectivity index is 1.30. The highest BCUT2D eigenvalue weighted by Gasteiger charge is 2.37. The molecule has 3 N–H and O–H groups in total. The van der Waals surface area contributed by atoms with Crippen molar-refractivity contribution in [2.45, 2.75) is 31.3 Å². The van der Waals surface area contributed by atoms with E-state index in [0.717, 1.165) is 29.9 Å². The van der Waals surface area contributed by atoms with Crippen LogP contribution in [0.2, 0.25) is 0 Å². The zero-order valence-electron chi connectivity index (χ0n) is 19.5. The number of benzene rings is 2. The zero-order valence-corrected chi connectivity index (χ0v) is 19.5. The molecular formula is C26H27N7O2. The lowest BCUT2D eigenvalue weighted by Gasteiger charge is -2.38. The maximum atomic E-state index is 13.2. The number of amides is 1. The van der Waals surface area contributed by atoms with Crippen LogP contribution in [-0.2, 0) is 25.6 Å². The summed E-state index contributed by atoms with van der Waals surface area (Å²) in [6.45, 7) is 0.280. The Bertz CT molecular complexity index is 1340. The van der Waals surface area contributed by atoms with Gasteiger partial charge in [-0.15, -0.1) is 10.2 Å². The quantitative estimate of drug-likeness (QED) is 0.381. The number of carbonyl (C=O) groups excluding carboxylic acids is 1. The lowest BCUT2D eigenvalue weighted by molar-refractivity contribution is 0.0798. The Labute approximate surface area is 203 Å². The molecule has 0 spiro atoms.